The third kappa shape index (κ3) is 2.95. The van der Waals surface area contributed by atoms with Crippen LogP contribution in [-0.2, 0) is 4.79 Å². The lowest BCUT2D eigenvalue weighted by Gasteiger charge is -2.42. The van der Waals surface area contributed by atoms with Crippen LogP contribution in [0, 0.1) is 11.3 Å². The predicted molar refractivity (Wildman–Crippen MR) is 92.0 cm³/mol. The molecule has 3 rings (SSSR count). The minimum Gasteiger partial charge on any atom is -0.485 e. The van der Waals surface area contributed by atoms with Crippen LogP contribution in [0.15, 0.2) is 41.3 Å². The fourth-order valence-electron chi connectivity index (χ4n) is 3.08. The summed E-state index contributed by atoms with van der Waals surface area (Å²) in [5.74, 6) is -0.261. The first-order valence-electron chi connectivity index (χ1n) is 8.05. The van der Waals surface area contributed by atoms with Gasteiger partial charge in [0.05, 0.1) is 17.7 Å². The minimum absolute atomic E-state index is 0.130. The number of hydrogen-bond donors (Lipinski definition) is 1. The number of aliphatic hydroxyl groups is 1. The van der Waals surface area contributed by atoms with Gasteiger partial charge in [-0.15, -0.1) is 0 Å². The highest BCUT2D eigenvalue weighted by Gasteiger charge is 2.44. The summed E-state index contributed by atoms with van der Waals surface area (Å²) in [5, 5.41) is 20.1. The van der Waals surface area contributed by atoms with Crippen LogP contribution >= 0.6 is 0 Å². The van der Waals surface area contributed by atoms with E-state index in [9.17, 15) is 20.0 Å². The van der Waals surface area contributed by atoms with E-state index >= 15 is 0 Å². The molecule has 2 aromatic rings. The van der Waals surface area contributed by atoms with Crippen molar-refractivity contribution in [2.45, 2.75) is 38.5 Å². The molecule has 26 heavy (non-hydrogen) atoms. The molecule has 134 valence electrons. The second kappa shape index (κ2) is 6.32. The van der Waals surface area contributed by atoms with E-state index in [-0.39, 0.29) is 5.75 Å². The summed E-state index contributed by atoms with van der Waals surface area (Å²) in [4.78, 5) is 24.0. The van der Waals surface area contributed by atoms with Gasteiger partial charge in [0.25, 0.3) is 5.56 Å². The van der Waals surface area contributed by atoms with Crippen LogP contribution in [0.1, 0.15) is 37.9 Å². The molecule has 1 aromatic carbocycles. The van der Waals surface area contributed by atoms with Crippen LogP contribution in [0.4, 0.5) is 0 Å². The van der Waals surface area contributed by atoms with E-state index < -0.39 is 29.3 Å². The molecule has 2 heterocycles. The summed E-state index contributed by atoms with van der Waals surface area (Å²) in [6.45, 7) is 4.64. The molecule has 1 aromatic heterocycles. The Morgan fingerprint density at radius 1 is 1.38 bits per heavy atom. The Bertz CT molecular complexity index is 971. The average molecular weight is 354 g/mol. The number of benzene rings is 1. The number of hydrogen-bond acceptors (Lipinski definition) is 6. The number of aliphatic hydroxyl groups excluding tert-OH is 1. The minimum atomic E-state index is -1.07. The van der Waals surface area contributed by atoms with E-state index in [1.807, 2.05) is 6.07 Å². The molecule has 0 bridgehead atoms. The van der Waals surface area contributed by atoms with Gasteiger partial charge in [-0.25, -0.2) is 0 Å². The molecule has 0 saturated heterocycles. The van der Waals surface area contributed by atoms with Crippen molar-refractivity contribution in [1.29, 1.82) is 5.26 Å². The lowest BCUT2D eigenvalue weighted by molar-refractivity contribution is -0.132. The van der Waals surface area contributed by atoms with Gasteiger partial charge >= 0.3 is 5.97 Å². The highest BCUT2D eigenvalue weighted by Crippen LogP contribution is 2.41. The first-order valence-corrected chi connectivity index (χ1v) is 8.05. The smallest absolute Gasteiger partial charge is 0.308 e. The second-order valence-electron chi connectivity index (χ2n) is 6.64. The Morgan fingerprint density at radius 2 is 2.12 bits per heavy atom. The van der Waals surface area contributed by atoms with Gasteiger partial charge < -0.3 is 19.1 Å². The molecule has 1 N–H and O–H groups in total. The molecular formula is C19H18N2O5. The Morgan fingerprint density at radius 3 is 2.77 bits per heavy atom. The van der Waals surface area contributed by atoms with Crippen LogP contribution in [0.3, 0.4) is 0 Å². The first kappa shape index (κ1) is 17.7. The van der Waals surface area contributed by atoms with Crippen molar-refractivity contribution >= 4 is 5.97 Å². The van der Waals surface area contributed by atoms with E-state index in [4.69, 9.17) is 9.47 Å². The van der Waals surface area contributed by atoms with E-state index in [0.29, 0.717) is 16.9 Å². The molecule has 2 atom stereocenters. The molecule has 1 aliphatic rings. The average Bonchev–Trinajstić information content (AvgIpc) is 2.58. The fraction of sp³-hybridized carbons (Fsp3) is 0.316. The molecule has 7 nitrogen and oxygen atoms in total. The van der Waals surface area contributed by atoms with Gasteiger partial charge in [-0.2, -0.15) is 5.26 Å². The normalized spacial score (nSPS) is 20.4. The first-order chi connectivity index (χ1) is 12.2. The number of esters is 1. The quantitative estimate of drug-likeness (QED) is 0.825. The molecule has 0 unspecified atom stereocenters. The second-order valence-corrected chi connectivity index (χ2v) is 6.64. The highest BCUT2D eigenvalue weighted by atomic mass is 16.5. The summed E-state index contributed by atoms with van der Waals surface area (Å²) in [5.41, 5.74) is -0.632. The zero-order valence-corrected chi connectivity index (χ0v) is 14.6. The topological polar surface area (TPSA) is 102 Å². The van der Waals surface area contributed by atoms with Crippen LogP contribution in [0.5, 0.6) is 11.5 Å². The maximum atomic E-state index is 12.8. The summed E-state index contributed by atoms with van der Waals surface area (Å²) >= 11 is 0. The monoisotopic (exact) mass is 354 g/mol. The van der Waals surface area contributed by atoms with Crippen LogP contribution in [0.25, 0.3) is 0 Å². The zero-order chi connectivity index (χ0) is 19.1. The Kier molecular flexibility index (Phi) is 4.30. The van der Waals surface area contributed by atoms with E-state index in [1.165, 1.54) is 23.8 Å². The van der Waals surface area contributed by atoms with Gasteiger partial charge in [0.15, 0.2) is 5.75 Å². The van der Waals surface area contributed by atoms with Crippen molar-refractivity contribution in [1.82, 2.24) is 4.57 Å². The van der Waals surface area contributed by atoms with E-state index in [1.54, 1.807) is 38.1 Å². The zero-order valence-electron chi connectivity index (χ0n) is 14.6. The number of carbonyl (C=O) groups is 1. The fourth-order valence-corrected chi connectivity index (χ4v) is 3.08. The standard InChI is InChI=1S/C19H18N2O5/c1-11(22)25-15-5-4-8-21(18(15)24)16-13-9-12(10-20)6-7-14(13)26-19(2,3)17(16)23/h4-9,16-17,23H,1-3H3/t16-,17+/m1/s1. The molecule has 0 saturated carbocycles. The summed E-state index contributed by atoms with van der Waals surface area (Å²) in [7, 11) is 0. The third-order valence-corrected chi connectivity index (χ3v) is 4.33. The summed E-state index contributed by atoms with van der Waals surface area (Å²) in [6, 6.07) is 9.04. The van der Waals surface area contributed by atoms with Crippen molar-refractivity contribution < 1.29 is 19.4 Å². The largest absolute Gasteiger partial charge is 0.485 e. The molecule has 0 amide bonds. The number of aromatic nitrogens is 1. The lowest BCUT2D eigenvalue weighted by Crippen LogP contribution is -2.52. The molecule has 7 heteroatoms. The molecule has 1 aliphatic heterocycles. The summed E-state index contributed by atoms with van der Waals surface area (Å²) in [6.07, 6.45) is 0.433. The van der Waals surface area contributed by atoms with E-state index in [2.05, 4.69) is 0 Å². The Labute approximate surface area is 150 Å². The van der Waals surface area contributed by atoms with E-state index in [0.717, 1.165) is 0 Å². The maximum Gasteiger partial charge on any atom is 0.308 e. The SMILES string of the molecule is CC(=O)Oc1cccn([C@@H]2c3cc(C#N)ccc3OC(C)(C)[C@H]2O)c1=O. The van der Waals surface area contributed by atoms with Gasteiger partial charge in [-0.05, 0) is 44.2 Å². The Balaban J connectivity index is 2.23. The third-order valence-electron chi connectivity index (χ3n) is 4.33. The van der Waals surface area contributed by atoms with Crippen LogP contribution in [0.2, 0.25) is 0 Å². The van der Waals surface area contributed by atoms with Crippen LogP contribution < -0.4 is 15.0 Å². The van der Waals surface area contributed by atoms with Gasteiger partial charge in [0.1, 0.15) is 17.5 Å². The van der Waals surface area contributed by atoms with Crippen molar-refractivity contribution in [3.8, 4) is 17.6 Å². The number of ether oxygens (including phenoxy) is 2. The molecule has 0 spiro atoms. The van der Waals surface area contributed by atoms with Gasteiger partial charge in [-0.1, -0.05) is 0 Å². The maximum absolute atomic E-state index is 12.8. The highest BCUT2D eigenvalue weighted by molar-refractivity contribution is 5.69. The molecule has 0 fully saturated rings. The molecule has 0 aliphatic carbocycles. The predicted octanol–water partition coefficient (Wildman–Crippen LogP) is 1.77. The number of fused-ring (bicyclic) bond motifs is 1. The number of nitrogens with zero attached hydrogens (tertiary/aromatic N) is 2. The Hall–Kier alpha value is -3.11. The van der Waals surface area contributed by atoms with Gasteiger partial charge in [-0.3, -0.25) is 9.59 Å². The van der Waals surface area contributed by atoms with Crippen LogP contribution in [-0.4, -0.2) is 27.3 Å². The lowest BCUT2D eigenvalue weighted by atomic mass is 9.85. The molecule has 0 radical (unpaired) electrons. The number of carbonyl (C=O) groups excluding carboxylic acids is 1. The number of nitriles is 1. The molecular weight excluding hydrogens is 336 g/mol. The van der Waals surface area contributed by atoms with Crippen molar-refractivity contribution in [3.63, 3.8) is 0 Å². The van der Waals surface area contributed by atoms with Crippen molar-refractivity contribution in [2.75, 3.05) is 0 Å². The van der Waals surface area contributed by atoms with Gasteiger partial charge in [0.2, 0.25) is 0 Å². The van der Waals surface area contributed by atoms with Crippen molar-refractivity contribution in [2.24, 2.45) is 0 Å². The summed E-state index contributed by atoms with van der Waals surface area (Å²) < 4.78 is 12.1. The number of rotatable bonds is 2. The van der Waals surface area contributed by atoms with Gasteiger partial charge in [0, 0.05) is 18.7 Å². The number of pyridine rings is 1. The van der Waals surface area contributed by atoms with Crippen molar-refractivity contribution in [3.05, 3.63) is 58.0 Å².